The second-order valence-electron chi connectivity index (χ2n) is 10.7. The van der Waals surface area contributed by atoms with Crippen molar-refractivity contribution < 1.29 is 9.53 Å². The van der Waals surface area contributed by atoms with Crippen LogP contribution in [-0.4, -0.2) is 85.4 Å². The summed E-state index contributed by atoms with van der Waals surface area (Å²) >= 11 is 0. The second kappa shape index (κ2) is 11.2. The Kier molecular flexibility index (Phi) is 7.33. The zero-order valence-electron chi connectivity index (χ0n) is 21.6. The number of pyridine rings is 1. The van der Waals surface area contributed by atoms with Crippen LogP contribution in [0.1, 0.15) is 36.8 Å². The molecule has 0 bridgehead atoms. The highest BCUT2D eigenvalue weighted by Gasteiger charge is 2.31. The highest BCUT2D eigenvalue weighted by Crippen LogP contribution is 2.30. The van der Waals surface area contributed by atoms with Gasteiger partial charge >= 0.3 is 0 Å². The Bertz CT molecular complexity index is 1170. The molecule has 2 aromatic rings. The number of para-hydroxylation sites is 1. The third-order valence-electron chi connectivity index (χ3n) is 8.28. The second-order valence-corrected chi connectivity index (χ2v) is 10.7. The first kappa shape index (κ1) is 24.3. The minimum atomic E-state index is 0.299. The Morgan fingerprint density at radius 2 is 1.86 bits per heavy atom. The molecular formula is C30H37N5O2. The summed E-state index contributed by atoms with van der Waals surface area (Å²) < 4.78 is 5.56. The first-order valence-corrected chi connectivity index (χ1v) is 13.8. The average Bonchev–Trinajstić information content (AvgIpc) is 3.38. The lowest BCUT2D eigenvalue weighted by Gasteiger charge is -2.36. The monoisotopic (exact) mass is 499 g/mol. The summed E-state index contributed by atoms with van der Waals surface area (Å²) in [6, 6.07) is 12.8. The predicted octanol–water partition coefficient (Wildman–Crippen LogP) is 3.55. The molecule has 0 spiro atoms. The van der Waals surface area contributed by atoms with Crippen molar-refractivity contribution in [1.82, 2.24) is 14.8 Å². The van der Waals surface area contributed by atoms with Crippen LogP contribution in [0.15, 0.2) is 64.9 Å². The fraction of sp³-hybridized carbons (Fsp3) is 0.500. The maximum atomic E-state index is 13.4. The number of hydrogen-bond acceptors (Lipinski definition) is 6. The number of amides is 1. The van der Waals surface area contributed by atoms with Crippen LogP contribution >= 0.6 is 0 Å². The number of carbonyl (C=O) groups excluding carboxylic acids is 1. The number of ether oxygens (including phenoxy) is 1. The molecule has 194 valence electrons. The number of anilines is 1. The first-order valence-electron chi connectivity index (χ1n) is 13.8. The van der Waals surface area contributed by atoms with Crippen molar-refractivity contribution in [2.75, 3.05) is 63.9 Å². The molecule has 1 atom stereocenters. The van der Waals surface area contributed by atoms with Crippen molar-refractivity contribution in [2.45, 2.75) is 32.2 Å². The first-order chi connectivity index (χ1) is 18.2. The van der Waals surface area contributed by atoms with Crippen LogP contribution in [0.3, 0.4) is 0 Å². The van der Waals surface area contributed by atoms with E-state index in [9.17, 15) is 4.79 Å². The van der Waals surface area contributed by atoms with Crippen molar-refractivity contribution in [2.24, 2.45) is 10.9 Å². The van der Waals surface area contributed by atoms with Gasteiger partial charge in [-0.2, -0.15) is 0 Å². The summed E-state index contributed by atoms with van der Waals surface area (Å²) in [6.07, 6.45) is 7.51. The number of aliphatic imine (C=N–C) groups is 1. The Balaban J connectivity index is 1.06. The Morgan fingerprint density at radius 1 is 1.03 bits per heavy atom. The molecule has 0 saturated carbocycles. The van der Waals surface area contributed by atoms with Gasteiger partial charge in [0.15, 0.2) is 0 Å². The molecule has 4 aliphatic rings. The minimum Gasteiger partial charge on any atom is -0.378 e. The van der Waals surface area contributed by atoms with E-state index in [2.05, 4.69) is 43.9 Å². The molecule has 0 radical (unpaired) electrons. The smallest absolute Gasteiger partial charge is 0.223 e. The number of hydrogen-bond donors (Lipinski definition) is 0. The predicted molar refractivity (Wildman–Crippen MR) is 146 cm³/mol. The summed E-state index contributed by atoms with van der Waals surface area (Å²) in [6.45, 7) is 8.84. The van der Waals surface area contributed by atoms with Crippen molar-refractivity contribution in [3.05, 3.63) is 71.1 Å². The lowest BCUT2D eigenvalue weighted by Crippen LogP contribution is -2.42. The van der Waals surface area contributed by atoms with Gasteiger partial charge in [0.2, 0.25) is 5.91 Å². The Labute approximate surface area is 219 Å². The van der Waals surface area contributed by atoms with E-state index in [-0.39, 0.29) is 0 Å². The molecule has 37 heavy (non-hydrogen) atoms. The van der Waals surface area contributed by atoms with Gasteiger partial charge in [-0.25, -0.2) is 0 Å². The number of nitrogens with zero attached hydrogens (tertiary/aromatic N) is 5. The van der Waals surface area contributed by atoms with Gasteiger partial charge in [-0.1, -0.05) is 18.2 Å². The molecule has 7 heteroatoms. The van der Waals surface area contributed by atoms with Crippen LogP contribution in [0.4, 0.5) is 5.69 Å². The number of piperidine rings is 1. The van der Waals surface area contributed by atoms with Crippen molar-refractivity contribution in [1.29, 1.82) is 0 Å². The van der Waals surface area contributed by atoms with Crippen molar-refractivity contribution >= 4 is 17.3 Å². The van der Waals surface area contributed by atoms with Crippen LogP contribution in [0.25, 0.3) is 0 Å². The van der Waals surface area contributed by atoms with Gasteiger partial charge in [-0.05, 0) is 66.6 Å². The van der Waals surface area contributed by atoms with E-state index >= 15 is 0 Å². The third-order valence-corrected chi connectivity index (χ3v) is 8.28. The van der Waals surface area contributed by atoms with E-state index < -0.39 is 0 Å². The summed E-state index contributed by atoms with van der Waals surface area (Å²) in [4.78, 5) is 29.5. The molecule has 1 aromatic heterocycles. The van der Waals surface area contributed by atoms with Gasteiger partial charge in [0.1, 0.15) is 0 Å². The normalized spacial score (nSPS) is 22.7. The van der Waals surface area contributed by atoms with E-state index in [1.54, 1.807) is 0 Å². The van der Waals surface area contributed by atoms with Crippen LogP contribution in [-0.2, 0) is 16.1 Å². The van der Waals surface area contributed by atoms with Gasteiger partial charge < -0.3 is 14.5 Å². The highest BCUT2D eigenvalue weighted by molar-refractivity contribution is 6.15. The fourth-order valence-corrected chi connectivity index (χ4v) is 6.31. The molecule has 5 heterocycles. The molecular weight excluding hydrogens is 462 g/mol. The van der Waals surface area contributed by atoms with Crippen LogP contribution in [0.2, 0.25) is 0 Å². The molecule has 0 unspecified atom stereocenters. The van der Waals surface area contributed by atoms with Crippen molar-refractivity contribution in [3.8, 4) is 0 Å². The summed E-state index contributed by atoms with van der Waals surface area (Å²) in [7, 11) is 0. The van der Waals surface area contributed by atoms with E-state index in [1.165, 1.54) is 22.4 Å². The third kappa shape index (κ3) is 5.48. The van der Waals surface area contributed by atoms with E-state index in [0.29, 0.717) is 24.8 Å². The zero-order chi connectivity index (χ0) is 25.0. The number of aromatic nitrogens is 1. The number of carbonyl (C=O) groups is 1. The summed E-state index contributed by atoms with van der Waals surface area (Å²) in [5.41, 5.74) is 7.54. The van der Waals surface area contributed by atoms with Crippen LogP contribution < -0.4 is 4.90 Å². The molecule has 0 aliphatic carbocycles. The largest absolute Gasteiger partial charge is 0.378 e. The van der Waals surface area contributed by atoms with Gasteiger partial charge in [0.05, 0.1) is 25.5 Å². The van der Waals surface area contributed by atoms with Gasteiger partial charge in [0.25, 0.3) is 0 Å². The van der Waals surface area contributed by atoms with Crippen LogP contribution in [0, 0.1) is 5.92 Å². The molecule has 6 rings (SSSR count). The summed E-state index contributed by atoms with van der Waals surface area (Å²) in [5.74, 6) is 0.720. The maximum absolute atomic E-state index is 13.4. The van der Waals surface area contributed by atoms with E-state index in [1.807, 2.05) is 24.5 Å². The molecule has 1 aromatic carbocycles. The van der Waals surface area contributed by atoms with Gasteiger partial charge in [0, 0.05) is 69.3 Å². The number of morpholine rings is 1. The molecule has 2 saturated heterocycles. The van der Waals surface area contributed by atoms with E-state index in [0.717, 1.165) is 89.6 Å². The molecule has 4 aliphatic heterocycles. The van der Waals surface area contributed by atoms with Gasteiger partial charge in [-0.3, -0.25) is 19.7 Å². The standard InChI is InChI=1S/C30H37N5O2/c36-29(35-13-9-25-19-32-30(27(25)22-35)24-7-10-31-11-8-24)18-23-4-3-12-33(20-23)21-26-5-1-2-6-28(26)34-14-16-37-17-15-34/h1-2,5-8,10-11,23H,3-4,9,12-22H2/t23-/m0/s1. The average molecular weight is 500 g/mol. The topological polar surface area (TPSA) is 61.3 Å². The molecule has 2 fully saturated rings. The highest BCUT2D eigenvalue weighted by atomic mass is 16.5. The number of benzene rings is 1. The van der Waals surface area contributed by atoms with Crippen molar-refractivity contribution in [3.63, 3.8) is 0 Å². The van der Waals surface area contributed by atoms with Gasteiger partial charge in [-0.15, -0.1) is 0 Å². The zero-order valence-corrected chi connectivity index (χ0v) is 21.6. The van der Waals surface area contributed by atoms with Crippen LogP contribution in [0.5, 0.6) is 0 Å². The molecule has 7 nitrogen and oxygen atoms in total. The minimum absolute atomic E-state index is 0.299. The van der Waals surface area contributed by atoms with E-state index in [4.69, 9.17) is 9.73 Å². The Morgan fingerprint density at radius 3 is 2.73 bits per heavy atom. The lowest BCUT2D eigenvalue weighted by atomic mass is 9.92. The Hall–Kier alpha value is -3.03. The molecule has 1 amide bonds. The number of likely N-dealkylation sites (tertiary alicyclic amines) is 1. The maximum Gasteiger partial charge on any atom is 0.223 e. The quantitative estimate of drug-likeness (QED) is 0.608. The fourth-order valence-electron chi connectivity index (χ4n) is 6.31. The lowest BCUT2D eigenvalue weighted by molar-refractivity contribution is -0.132. The number of rotatable bonds is 6. The molecule has 0 N–H and O–H groups in total. The summed E-state index contributed by atoms with van der Waals surface area (Å²) in [5, 5.41) is 0. The SMILES string of the molecule is O=C(C[C@@H]1CCCN(Cc2ccccc2N2CCOCC2)C1)N1CCC2=C(C1)C(c1ccncc1)=NC2.